The second-order valence-electron chi connectivity index (χ2n) is 2.57. The van der Waals surface area contributed by atoms with Crippen LogP contribution in [0.1, 0.15) is 11.3 Å². The molecule has 1 heterocycles. The summed E-state index contributed by atoms with van der Waals surface area (Å²) in [6.45, 7) is 2.50. The smallest absolute Gasteiger partial charge is 0.0884 e. The van der Waals surface area contributed by atoms with Crippen molar-refractivity contribution in [1.29, 1.82) is 0 Å². The molecule has 4 nitrogen and oxygen atoms in total. The van der Waals surface area contributed by atoms with E-state index in [4.69, 9.17) is 10.6 Å². The molecule has 1 rings (SSSR count). The lowest BCUT2D eigenvalue weighted by Gasteiger charge is -2.05. The molecular formula is C8H13N3O. The Balaban J connectivity index is 2.86. The van der Waals surface area contributed by atoms with Crippen molar-refractivity contribution in [3.8, 4) is 0 Å². The van der Waals surface area contributed by atoms with Crippen molar-refractivity contribution in [1.82, 2.24) is 4.98 Å². The highest BCUT2D eigenvalue weighted by molar-refractivity contribution is 5.47. The molecule has 4 heteroatoms. The molecule has 0 saturated carbocycles. The first-order chi connectivity index (χ1) is 5.77. The van der Waals surface area contributed by atoms with Crippen molar-refractivity contribution in [2.24, 2.45) is 5.84 Å². The fourth-order valence-electron chi connectivity index (χ4n) is 0.992. The Kier molecular flexibility index (Phi) is 3.01. The molecule has 0 spiro atoms. The Bertz CT molecular complexity index is 262. The van der Waals surface area contributed by atoms with Crippen LogP contribution in [0.2, 0.25) is 0 Å². The molecule has 1 aromatic heterocycles. The Morgan fingerprint density at radius 1 is 1.67 bits per heavy atom. The first kappa shape index (κ1) is 8.96. The van der Waals surface area contributed by atoms with Crippen LogP contribution in [-0.2, 0) is 11.3 Å². The molecule has 0 aliphatic carbocycles. The average molecular weight is 167 g/mol. The van der Waals surface area contributed by atoms with Gasteiger partial charge in [-0.05, 0) is 18.6 Å². The quantitative estimate of drug-likeness (QED) is 0.517. The number of pyridine rings is 1. The van der Waals surface area contributed by atoms with Crippen LogP contribution >= 0.6 is 0 Å². The van der Waals surface area contributed by atoms with Gasteiger partial charge in [0.15, 0.2) is 0 Å². The highest BCUT2D eigenvalue weighted by atomic mass is 16.5. The van der Waals surface area contributed by atoms with Gasteiger partial charge in [0.2, 0.25) is 0 Å². The minimum absolute atomic E-state index is 0.533. The van der Waals surface area contributed by atoms with Crippen molar-refractivity contribution in [3.05, 3.63) is 23.5 Å². The lowest BCUT2D eigenvalue weighted by atomic mass is 10.2. The average Bonchev–Trinajstić information content (AvgIpc) is 2.05. The summed E-state index contributed by atoms with van der Waals surface area (Å²) in [5.41, 5.74) is 5.38. The predicted octanol–water partition coefficient (Wildman–Crippen LogP) is 0.822. The van der Waals surface area contributed by atoms with Crippen LogP contribution < -0.4 is 11.3 Å². The minimum Gasteiger partial charge on any atom is -0.378 e. The molecule has 0 aliphatic rings. The fourth-order valence-corrected chi connectivity index (χ4v) is 0.992. The van der Waals surface area contributed by atoms with Gasteiger partial charge < -0.3 is 10.2 Å². The zero-order chi connectivity index (χ0) is 8.97. The first-order valence-corrected chi connectivity index (χ1v) is 3.69. The first-order valence-electron chi connectivity index (χ1n) is 3.69. The second-order valence-corrected chi connectivity index (χ2v) is 2.57. The van der Waals surface area contributed by atoms with E-state index < -0.39 is 0 Å². The van der Waals surface area contributed by atoms with Crippen molar-refractivity contribution >= 4 is 5.69 Å². The Hall–Kier alpha value is -1.13. The van der Waals surface area contributed by atoms with E-state index in [0.29, 0.717) is 6.61 Å². The molecule has 0 aliphatic heterocycles. The van der Waals surface area contributed by atoms with E-state index in [1.54, 1.807) is 13.3 Å². The van der Waals surface area contributed by atoms with E-state index in [2.05, 4.69) is 10.4 Å². The number of nitrogens with zero attached hydrogens (tertiary/aromatic N) is 1. The van der Waals surface area contributed by atoms with Gasteiger partial charge in [-0.15, -0.1) is 0 Å². The molecule has 0 fully saturated rings. The lowest BCUT2D eigenvalue weighted by Crippen LogP contribution is -2.09. The number of aromatic nitrogens is 1. The largest absolute Gasteiger partial charge is 0.378 e. The Labute approximate surface area is 71.7 Å². The normalized spacial score (nSPS) is 9.92. The Morgan fingerprint density at radius 3 is 2.92 bits per heavy atom. The third-order valence-electron chi connectivity index (χ3n) is 1.62. The summed E-state index contributed by atoms with van der Waals surface area (Å²) >= 11 is 0. The number of ether oxygens (including phenoxy) is 1. The van der Waals surface area contributed by atoms with Crippen molar-refractivity contribution in [3.63, 3.8) is 0 Å². The number of nitrogen functional groups attached to an aromatic ring is 1. The van der Waals surface area contributed by atoms with E-state index in [1.165, 1.54) is 0 Å². The number of aryl methyl sites for hydroxylation is 1. The maximum Gasteiger partial charge on any atom is 0.0884 e. The lowest BCUT2D eigenvalue weighted by molar-refractivity contribution is 0.181. The van der Waals surface area contributed by atoms with Gasteiger partial charge in [-0.1, -0.05) is 0 Å². The van der Waals surface area contributed by atoms with Gasteiger partial charge in [-0.3, -0.25) is 10.8 Å². The molecule has 12 heavy (non-hydrogen) atoms. The van der Waals surface area contributed by atoms with Gasteiger partial charge >= 0.3 is 0 Å². The van der Waals surface area contributed by atoms with E-state index in [-0.39, 0.29) is 0 Å². The number of rotatable bonds is 3. The molecular weight excluding hydrogens is 154 g/mol. The topological polar surface area (TPSA) is 60.2 Å². The molecule has 0 unspecified atom stereocenters. The van der Waals surface area contributed by atoms with Gasteiger partial charge in [-0.25, -0.2) is 0 Å². The summed E-state index contributed by atoms with van der Waals surface area (Å²) in [6.07, 6.45) is 1.70. The Morgan fingerprint density at radius 2 is 2.42 bits per heavy atom. The van der Waals surface area contributed by atoms with Gasteiger partial charge in [0.05, 0.1) is 24.2 Å². The standard InChI is InChI=1S/C8H13N3O/c1-6-3-7(5-12-2)10-4-8(6)11-9/h3-4,11H,5,9H2,1-2H3. The van der Waals surface area contributed by atoms with E-state index in [1.807, 2.05) is 13.0 Å². The number of hydrogen-bond donors (Lipinski definition) is 2. The molecule has 3 N–H and O–H groups in total. The molecule has 0 aromatic carbocycles. The van der Waals surface area contributed by atoms with Gasteiger partial charge in [-0.2, -0.15) is 0 Å². The number of nitrogens with one attached hydrogen (secondary N) is 1. The SMILES string of the molecule is COCc1cc(C)c(NN)cn1. The summed E-state index contributed by atoms with van der Waals surface area (Å²) in [5, 5.41) is 0. The highest BCUT2D eigenvalue weighted by Gasteiger charge is 1.98. The van der Waals surface area contributed by atoms with Gasteiger partial charge in [0, 0.05) is 7.11 Å². The molecule has 0 amide bonds. The summed E-state index contributed by atoms with van der Waals surface area (Å²) < 4.78 is 4.94. The number of methoxy groups -OCH3 is 1. The number of nitrogens with two attached hydrogens (primary N) is 1. The van der Waals surface area contributed by atoms with Crippen molar-refractivity contribution < 1.29 is 4.74 Å². The van der Waals surface area contributed by atoms with Crippen molar-refractivity contribution in [2.45, 2.75) is 13.5 Å². The van der Waals surface area contributed by atoms with Gasteiger partial charge in [0.1, 0.15) is 0 Å². The van der Waals surface area contributed by atoms with Crippen molar-refractivity contribution in [2.75, 3.05) is 12.5 Å². The summed E-state index contributed by atoms with van der Waals surface area (Å²) in [5.74, 6) is 5.25. The number of hydrazine groups is 1. The van der Waals surface area contributed by atoms with E-state index >= 15 is 0 Å². The molecule has 1 aromatic rings. The molecule has 0 bridgehead atoms. The minimum atomic E-state index is 0.533. The molecule has 0 saturated heterocycles. The zero-order valence-electron chi connectivity index (χ0n) is 7.29. The monoisotopic (exact) mass is 167 g/mol. The molecule has 0 radical (unpaired) electrons. The maximum absolute atomic E-state index is 5.25. The van der Waals surface area contributed by atoms with Crippen LogP contribution in [-0.4, -0.2) is 12.1 Å². The van der Waals surface area contributed by atoms with E-state index in [9.17, 15) is 0 Å². The third kappa shape index (κ3) is 1.93. The third-order valence-corrected chi connectivity index (χ3v) is 1.62. The maximum atomic E-state index is 5.25. The van der Waals surface area contributed by atoms with Crippen LogP contribution in [0.4, 0.5) is 5.69 Å². The van der Waals surface area contributed by atoms with Gasteiger partial charge in [0.25, 0.3) is 0 Å². The van der Waals surface area contributed by atoms with Crippen LogP contribution in [0.5, 0.6) is 0 Å². The second kappa shape index (κ2) is 4.04. The van der Waals surface area contributed by atoms with Crippen LogP contribution in [0, 0.1) is 6.92 Å². The molecule has 0 atom stereocenters. The van der Waals surface area contributed by atoms with Crippen LogP contribution in [0.15, 0.2) is 12.3 Å². The number of anilines is 1. The predicted molar refractivity (Wildman–Crippen MR) is 47.5 cm³/mol. The zero-order valence-corrected chi connectivity index (χ0v) is 7.29. The van der Waals surface area contributed by atoms with Crippen LogP contribution in [0.3, 0.4) is 0 Å². The summed E-state index contributed by atoms with van der Waals surface area (Å²) in [7, 11) is 1.64. The highest BCUT2D eigenvalue weighted by Crippen LogP contribution is 2.12. The fraction of sp³-hybridized carbons (Fsp3) is 0.375. The molecule has 66 valence electrons. The summed E-state index contributed by atoms with van der Waals surface area (Å²) in [6, 6.07) is 1.94. The van der Waals surface area contributed by atoms with E-state index in [0.717, 1.165) is 16.9 Å². The van der Waals surface area contributed by atoms with Crippen LogP contribution in [0.25, 0.3) is 0 Å². The summed E-state index contributed by atoms with van der Waals surface area (Å²) in [4.78, 5) is 4.13. The number of hydrogen-bond acceptors (Lipinski definition) is 4.